The second-order valence-electron chi connectivity index (χ2n) is 5.32. The lowest BCUT2D eigenvalue weighted by Crippen LogP contribution is -1.93. The van der Waals surface area contributed by atoms with Crippen LogP contribution in [0.1, 0.15) is 0 Å². The third kappa shape index (κ3) is 2.43. The number of halogens is 2. The Morgan fingerprint density at radius 1 is 1.00 bits per heavy atom. The summed E-state index contributed by atoms with van der Waals surface area (Å²) < 4.78 is 12.4. The number of hydrogen-bond donors (Lipinski definition) is 0. The molecule has 0 bridgehead atoms. The predicted octanol–water partition coefficient (Wildman–Crippen LogP) is 4.56. The maximum Gasteiger partial charge on any atom is 0.235 e. The first-order valence-corrected chi connectivity index (χ1v) is 8.84. The highest BCUT2D eigenvalue weighted by atomic mass is 35.5. The zero-order valence-corrected chi connectivity index (χ0v) is 14.8. The SMILES string of the molecule is Clc1ccc(-c2nnc3sc(-c4ccc5c(c4)OCO5)nn23)c(Cl)c1. The van der Waals surface area contributed by atoms with Crippen LogP contribution < -0.4 is 9.47 Å². The molecular weight excluding hydrogens is 383 g/mol. The molecule has 0 spiro atoms. The van der Waals surface area contributed by atoms with Gasteiger partial charge in [-0.05, 0) is 36.4 Å². The average Bonchev–Trinajstić information content (AvgIpc) is 3.29. The van der Waals surface area contributed by atoms with Gasteiger partial charge in [-0.3, -0.25) is 0 Å². The fourth-order valence-corrected chi connectivity index (χ4v) is 3.93. The van der Waals surface area contributed by atoms with E-state index in [1.807, 2.05) is 18.2 Å². The number of rotatable bonds is 2. The molecule has 4 aromatic rings. The maximum atomic E-state index is 6.29. The zero-order chi connectivity index (χ0) is 17.0. The topological polar surface area (TPSA) is 61.5 Å². The highest BCUT2D eigenvalue weighted by molar-refractivity contribution is 7.19. The highest BCUT2D eigenvalue weighted by Gasteiger charge is 2.19. The molecule has 2 aromatic carbocycles. The molecule has 0 amide bonds. The van der Waals surface area contributed by atoms with Crippen molar-refractivity contribution in [1.29, 1.82) is 0 Å². The highest BCUT2D eigenvalue weighted by Crippen LogP contribution is 2.38. The van der Waals surface area contributed by atoms with Gasteiger partial charge in [0.25, 0.3) is 0 Å². The predicted molar refractivity (Wildman–Crippen MR) is 95.7 cm³/mol. The van der Waals surface area contributed by atoms with E-state index in [0.29, 0.717) is 26.6 Å². The summed E-state index contributed by atoms with van der Waals surface area (Å²) >= 11 is 13.7. The maximum absolute atomic E-state index is 6.29. The van der Waals surface area contributed by atoms with Gasteiger partial charge in [0.1, 0.15) is 5.01 Å². The molecule has 9 heteroatoms. The summed E-state index contributed by atoms with van der Waals surface area (Å²) in [6.07, 6.45) is 0. The summed E-state index contributed by atoms with van der Waals surface area (Å²) in [7, 11) is 0. The van der Waals surface area contributed by atoms with Crippen LogP contribution >= 0.6 is 34.5 Å². The summed E-state index contributed by atoms with van der Waals surface area (Å²) in [5.41, 5.74) is 1.65. The van der Waals surface area contributed by atoms with Crippen molar-refractivity contribution >= 4 is 39.5 Å². The minimum Gasteiger partial charge on any atom is -0.454 e. The van der Waals surface area contributed by atoms with Crippen molar-refractivity contribution in [3.8, 4) is 33.5 Å². The summed E-state index contributed by atoms with van der Waals surface area (Å²) in [4.78, 5) is 0.675. The number of ether oxygens (including phenoxy) is 2. The molecule has 0 atom stereocenters. The quantitative estimate of drug-likeness (QED) is 0.502. The van der Waals surface area contributed by atoms with E-state index in [4.69, 9.17) is 32.7 Å². The van der Waals surface area contributed by atoms with Crippen molar-refractivity contribution in [2.75, 3.05) is 6.79 Å². The Hall–Kier alpha value is -2.35. The summed E-state index contributed by atoms with van der Waals surface area (Å²) in [6.45, 7) is 0.239. The summed E-state index contributed by atoms with van der Waals surface area (Å²) in [5.74, 6) is 2.02. The van der Waals surface area contributed by atoms with E-state index in [1.165, 1.54) is 11.3 Å². The van der Waals surface area contributed by atoms with E-state index in [2.05, 4.69) is 15.3 Å². The van der Waals surface area contributed by atoms with Crippen LogP contribution in [-0.4, -0.2) is 26.6 Å². The molecule has 3 heterocycles. The second kappa shape index (κ2) is 5.59. The number of fused-ring (bicyclic) bond motifs is 2. The molecule has 0 saturated heterocycles. The molecule has 124 valence electrons. The van der Waals surface area contributed by atoms with E-state index in [9.17, 15) is 0 Å². The number of hydrogen-bond acceptors (Lipinski definition) is 6. The molecule has 2 aromatic heterocycles. The van der Waals surface area contributed by atoms with E-state index < -0.39 is 0 Å². The fraction of sp³-hybridized carbons (Fsp3) is 0.0625. The van der Waals surface area contributed by atoms with Crippen molar-refractivity contribution in [3.05, 3.63) is 46.4 Å². The van der Waals surface area contributed by atoms with Crippen LogP contribution in [0.15, 0.2) is 36.4 Å². The van der Waals surface area contributed by atoms with E-state index in [0.717, 1.165) is 21.9 Å². The molecule has 0 fully saturated rings. The van der Waals surface area contributed by atoms with Crippen molar-refractivity contribution < 1.29 is 9.47 Å². The molecule has 0 N–H and O–H groups in total. The molecule has 1 aliphatic heterocycles. The van der Waals surface area contributed by atoms with Crippen LogP contribution in [0.3, 0.4) is 0 Å². The normalized spacial score (nSPS) is 12.9. The van der Waals surface area contributed by atoms with Crippen molar-refractivity contribution in [1.82, 2.24) is 19.8 Å². The van der Waals surface area contributed by atoms with Gasteiger partial charge in [-0.25, -0.2) is 0 Å². The average molecular weight is 391 g/mol. The number of nitrogens with zero attached hydrogens (tertiary/aromatic N) is 4. The lowest BCUT2D eigenvalue weighted by atomic mass is 10.2. The molecular formula is C16H8Cl2N4O2S. The van der Waals surface area contributed by atoms with Gasteiger partial charge < -0.3 is 9.47 Å². The van der Waals surface area contributed by atoms with Crippen LogP contribution in [0.2, 0.25) is 10.0 Å². The Morgan fingerprint density at radius 2 is 1.88 bits per heavy atom. The molecule has 0 radical (unpaired) electrons. The molecule has 6 nitrogen and oxygen atoms in total. The van der Waals surface area contributed by atoms with Crippen LogP contribution in [0, 0.1) is 0 Å². The van der Waals surface area contributed by atoms with Gasteiger partial charge in [0.2, 0.25) is 11.8 Å². The van der Waals surface area contributed by atoms with Gasteiger partial charge in [0, 0.05) is 16.1 Å². The van der Waals surface area contributed by atoms with Gasteiger partial charge in [-0.1, -0.05) is 34.5 Å². The van der Waals surface area contributed by atoms with Crippen molar-refractivity contribution in [2.45, 2.75) is 0 Å². The number of benzene rings is 2. The van der Waals surface area contributed by atoms with Crippen LogP contribution in [0.4, 0.5) is 0 Å². The third-order valence-electron chi connectivity index (χ3n) is 3.78. The lowest BCUT2D eigenvalue weighted by Gasteiger charge is -2.01. The molecule has 0 aliphatic carbocycles. The van der Waals surface area contributed by atoms with Gasteiger partial charge in [0.15, 0.2) is 17.3 Å². The zero-order valence-electron chi connectivity index (χ0n) is 12.4. The summed E-state index contributed by atoms with van der Waals surface area (Å²) in [5, 5.41) is 14.9. The van der Waals surface area contributed by atoms with Crippen LogP contribution in [0.25, 0.3) is 26.9 Å². The standard InChI is InChI=1S/C16H8Cl2N4O2S/c17-9-2-3-10(11(18)6-9)14-19-20-16-22(14)21-15(25-16)8-1-4-12-13(5-8)24-7-23-12/h1-6H,7H2. The molecule has 0 saturated carbocycles. The van der Waals surface area contributed by atoms with Crippen LogP contribution in [0.5, 0.6) is 11.5 Å². The van der Waals surface area contributed by atoms with E-state index >= 15 is 0 Å². The first kappa shape index (κ1) is 14.9. The lowest BCUT2D eigenvalue weighted by molar-refractivity contribution is 0.174. The Kier molecular flexibility index (Phi) is 3.34. The minimum absolute atomic E-state index is 0.239. The second-order valence-corrected chi connectivity index (χ2v) is 7.12. The molecule has 0 unspecified atom stereocenters. The Morgan fingerprint density at radius 3 is 2.76 bits per heavy atom. The van der Waals surface area contributed by atoms with E-state index in [1.54, 1.807) is 22.7 Å². The molecule has 5 rings (SSSR count). The van der Waals surface area contributed by atoms with Crippen molar-refractivity contribution in [2.24, 2.45) is 0 Å². The van der Waals surface area contributed by atoms with Gasteiger partial charge in [-0.15, -0.1) is 10.2 Å². The summed E-state index contributed by atoms with van der Waals surface area (Å²) in [6, 6.07) is 11.0. The fourth-order valence-electron chi connectivity index (χ4n) is 2.60. The number of aromatic nitrogens is 4. The first-order valence-electron chi connectivity index (χ1n) is 7.27. The Labute approximate surface area is 155 Å². The van der Waals surface area contributed by atoms with Gasteiger partial charge in [-0.2, -0.15) is 9.61 Å². The molecule has 1 aliphatic rings. The van der Waals surface area contributed by atoms with E-state index in [-0.39, 0.29) is 6.79 Å². The largest absolute Gasteiger partial charge is 0.454 e. The monoisotopic (exact) mass is 390 g/mol. The Bertz CT molecular complexity index is 1120. The minimum atomic E-state index is 0.239. The third-order valence-corrected chi connectivity index (χ3v) is 5.28. The first-order chi connectivity index (χ1) is 12.2. The molecule has 25 heavy (non-hydrogen) atoms. The Balaban J connectivity index is 1.62. The van der Waals surface area contributed by atoms with Gasteiger partial charge >= 0.3 is 0 Å². The van der Waals surface area contributed by atoms with Crippen LogP contribution in [-0.2, 0) is 0 Å². The smallest absolute Gasteiger partial charge is 0.235 e. The van der Waals surface area contributed by atoms with Crippen molar-refractivity contribution in [3.63, 3.8) is 0 Å². The van der Waals surface area contributed by atoms with Gasteiger partial charge in [0.05, 0.1) is 5.02 Å².